The van der Waals surface area contributed by atoms with Crippen LogP contribution in [-0.4, -0.2) is 40.0 Å². The lowest BCUT2D eigenvalue weighted by molar-refractivity contribution is 0.299. The fourth-order valence-corrected chi connectivity index (χ4v) is 4.02. The van der Waals surface area contributed by atoms with Gasteiger partial charge in [0.25, 0.3) is 10.2 Å². The molecule has 1 aliphatic rings. The Hall–Kier alpha value is -0.950. The molecule has 5 nitrogen and oxygen atoms in total. The molecule has 1 saturated carbocycles. The van der Waals surface area contributed by atoms with Crippen molar-refractivity contribution in [2.75, 3.05) is 20.6 Å². The van der Waals surface area contributed by atoms with Gasteiger partial charge >= 0.3 is 0 Å². The highest BCUT2D eigenvalue weighted by Gasteiger charge is 2.23. The quantitative estimate of drug-likeness (QED) is 0.806. The summed E-state index contributed by atoms with van der Waals surface area (Å²) in [4.78, 5) is 2.03. The predicted octanol–water partition coefficient (Wildman–Crippen LogP) is 1.96. The molecule has 0 saturated heterocycles. The zero-order valence-electron chi connectivity index (χ0n) is 13.7. The fraction of sp³-hybridized carbons (Fsp3) is 0.625. The molecule has 0 bridgehead atoms. The Morgan fingerprint density at radius 2 is 1.77 bits per heavy atom. The van der Waals surface area contributed by atoms with E-state index in [0.29, 0.717) is 6.54 Å². The minimum Gasteiger partial charge on any atom is -0.301 e. The van der Waals surface area contributed by atoms with Crippen molar-refractivity contribution in [2.24, 2.45) is 0 Å². The summed E-state index contributed by atoms with van der Waals surface area (Å²) in [6, 6.07) is 8.32. The fourth-order valence-electron chi connectivity index (χ4n) is 2.88. The summed E-state index contributed by atoms with van der Waals surface area (Å²) >= 11 is 0. The Balaban J connectivity index is 1.97. The van der Waals surface area contributed by atoms with Crippen LogP contribution in [0.3, 0.4) is 0 Å². The Morgan fingerprint density at radius 3 is 2.32 bits per heavy atom. The van der Waals surface area contributed by atoms with E-state index in [1.54, 1.807) is 0 Å². The molecule has 0 amide bonds. The molecular weight excluding hydrogens is 298 g/mol. The van der Waals surface area contributed by atoms with Crippen LogP contribution in [0.15, 0.2) is 24.3 Å². The van der Waals surface area contributed by atoms with Gasteiger partial charge in [-0.2, -0.15) is 13.1 Å². The Labute approximate surface area is 134 Å². The third kappa shape index (κ3) is 5.05. The minimum absolute atomic E-state index is 0.0146. The van der Waals surface area contributed by atoms with Crippen LogP contribution in [0.1, 0.15) is 42.9 Å². The SMILES string of the molecule is Cc1ccc(C(CNS(=O)(=O)NC2CCCC2)N(C)C)cc1. The highest BCUT2D eigenvalue weighted by atomic mass is 32.2. The first-order chi connectivity index (χ1) is 10.4. The summed E-state index contributed by atoms with van der Waals surface area (Å²) < 4.78 is 29.8. The lowest BCUT2D eigenvalue weighted by atomic mass is 10.0. The Morgan fingerprint density at radius 1 is 1.18 bits per heavy atom. The van der Waals surface area contributed by atoms with Crippen molar-refractivity contribution >= 4 is 10.2 Å². The third-order valence-electron chi connectivity index (χ3n) is 4.23. The first kappa shape index (κ1) is 17.4. The van der Waals surface area contributed by atoms with E-state index in [4.69, 9.17) is 0 Å². The number of nitrogens with one attached hydrogen (secondary N) is 2. The van der Waals surface area contributed by atoms with Crippen molar-refractivity contribution in [2.45, 2.75) is 44.7 Å². The van der Waals surface area contributed by atoms with Crippen molar-refractivity contribution in [3.8, 4) is 0 Å². The average Bonchev–Trinajstić information content (AvgIpc) is 2.92. The highest BCUT2D eigenvalue weighted by Crippen LogP contribution is 2.20. The van der Waals surface area contributed by atoms with Gasteiger partial charge in [-0.3, -0.25) is 0 Å². The molecule has 124 valence electrons. The number of nitrogens with zero attached hydrogens (tertiary/aromatic N) is 1. The van der Waals surface area contributed by atoms with Gasteiger partial charge in [-0.05, 0) is 39.4 Å². The second-order valence-corrected chi connectivity index (χ2v) is 7.87. The van der Waals surface area contributed by atoms with Crippen molar-refractivity contribution < 1.29 is 8.42 Å². The number of hydrogen-bond donors (Lipinski definition) is 2. The lowest BCUT2D eigenvalue weighted by Gasteiger charge is -2.25. The van der Waals surface area contributed by atoms with Gasteiger partial charge in [0, 0.05) is 18.6 Å². The Bertz CT molecular complexity index is 564. The van der Waals surface area contributed by atoms with Crippen LogP contribution in [0.25, 0.3) is 0 Å². The van der Waals surface area contributed by atoms with Gasteiger partial charge in [-0.25, -0.2) is 4.72 Å². The second-order valence-electron chi connectivity index (χ2n) is 6.34. The molecule has 1 aliphatic carbocycles. The summed E-state index contributed by atoms with van der Waals surface area (Å²) in [5, 5.41) is 0. The summed E-state index contributed by atoms with van der Waals surface area (Å²) in [5.74, 6) is 0. The van der Waals surface area contributed by atoms with E-state index in [2.05, 4.69) is 33.7 Å². The molecule has 1 fully saturated rings. The summed E-state index contributed by atoms with van der Waals surface area (Å²) in [6.07, 6.45) is 4.10. The van der Waals surface area contributed by atoms with E-state index in [1.165, 1.54) is 5.56 Å². The number of benzene rings is 1. The van der Waals surface area contributed by atoms with Crippen molar-refractivity contribution in [3.63, 3.8) is 0 Å². The highest BCUT2D eigenvalue weighted by molar-refractivity contribution is 7.87. The normalized spacial score (nSPS) is 18.0. The first-order valence-corrected chi connectivity index (χ1v) is 9.35. The van der Waals surface area contributed by atoms with Gasteiger partial charge < -0.3 is 4.90 Å². The molecule has 2 N–H and O–H groups in total. The van der Waals surface area contributed by atoms with Crippen LogP contribution in [0.5, 0.6) is 0 Å². The molecule has 2 rings (SSSR count). The van der Waals surface area contributed by atoms with Gasteiger partial charge in [0.05, 0.1) is 0 Å². The van der Waals surface area contributed by atoms with E-state index >= 15 is 0 Å². The van der Waals surface area contributed by atoms with E-state index in [-0.39, 0.29) is 12.1 Å². The molecule has 0 spiro atoms. The van der Waals surface area contributed by atoms with Gasteiger partial charge in [0.1, 0.15) is 0 Å². The average molecular weight is 325 g/mol. The van der Waals surface area contributed by atoms with Crippen LogP contribution in [0.2, 0.25) is 0 Å². The summed E-state index contributed by atoms with van der Waals surface area (Å²) in [7, 11) is 0.487. The van der Waals surface area contributed by atoms with E-state index in [9.17, 15) is 8.42 Å². The molecule has 0 heterocycles. The van der Waals surface area contributed by atoms with Crippen LogP contribution in [0.4, 0.5) is 0 Å². The summed E-state index contributed by atoms with van der Waals surface area (Å²) in [6.45, 7) is 2.40. The summed E-state index contributed by atoms with van der Waals surface area (Å²) in [5.41, 5.74) is 2.31. The molecule has 1 aromatic rings. The Kier molecular flexibility index (Phi) is 5.97. The molecule has 1 unspecified atom stereocenters. The molecule has 1 aromatic carbocycles. The molecule has 6 heteroatoms. The van der Waals surface area contributed by atoms with Crippen molar-refractivity contribution in [3.05, 3.63) is 35.4 Å². The molecular formula is C16H27N3O2S. The zero-order chi connectivity index (χ0) is 16.2. The minimum atomic E-state index is -3.44. The molecule has 0 radical (unpaired) electrons. The lowest BCUT2D eigenvalue weighted by Crippen LogP contribution is -2.44. The van der Waals surface area contributed by atoms with E-state index in [1.807, 2.05) is 25.9 Å². The van der Waals surface area contributed by atoms with E-state index in [0.717, 1.165) is 31.2 Å². The van der Waals surface area contributed by atoms with Crippen LogP contribution in [-0.2, 0) is 10.2 Å². The second kappa shape index (κ2) is 7.55. The first-order valence-electron chi connectivity index (χ1n) is 7.87. The molecule has 0 aromatic heterocycles. The largest absolute Gasteiger partial charge is 0.301 e. The smallest absolute Gasteiger partial charge is 0.277 e. The molecule has 22 heavy (non-hydrogen) atoms. The topological polar surface area (TPSA) is 61.4 Å². The van der Waals surface area contributed by atoms with Crippen LogP contribution < -0.4 is 9.44 Å². The number of rotatable bonds is 7. The number of aryl methyl sites for hydroxylation is 1. The van der Waals surface area contributed by atoms with Gasteiger partial charge in [0.15, 0.2) is 0 Å². The maximum absolute atomic E-state index is 12.2. The maximum Gasteiger partial charge on any atom is 0.277 e. The monoisotopic (exact) mass is 325 g/mol. The zero-order valence-corrected chi connectivity index (χ0v) is 14.5. The van der Waals surface area contributed by atoms with Gasteiger partial charge in [0.2, 0.25) is 0 Å². The third-order valence-corrected chi connectivity index (χ3v) is 5.42. The maximum atomic E-state index is 12.2. The van der Waals surface area contributed by atoms with Crippen molar-refractivity contribution in [1.29, 1.82) is 0 Å². The van der Waals surface area contributed by atoms with Gasteiger partial charge in [-0.15, -0.1) is 0 Å². The van der Waals surface area contributed by atoms with Crippen LogP contribution >= 0.6 is 0 Å². The molecule has 0 aliphatic heterocycles. The predicted molar refractivity (Wildman–Crippen MR) is 89.9 cm³/mol. The van der Waals surface area contributed by atoms with Crippen molar-refractivity contribution in [1.82, 2.24) is 14.3 Å². The molecule has 1 atom stereocenters. The number of likely N-dealkylation sites (N-methyl/N-ethyl adjacent to an activating group) is 1. The van der Waals surface area contributed by atoms with Gasteiger partial charge in [-0.1, -0.05) is 42.7 Å². The number of hydrogen-bond acceptors (Lipinski definition) is 3. The van der Waals surface area contributed by atoms with Crippen LogP contribution in [0, 0.1) is 6.92 Å². The standard InChI is InChI=1S/C16H27N3O2S/c1-13-8-10-14(11-9-13)16(19(2)3)12-17-22(20,21)18-15-6-4-5-7-15/h8-11,15-18H,4-7,12H2,1-3H3. The van der Waals surface area contributed by atoms with E-state index < -0.39 is 10.2 Å².